The number of nitriles is 1. The molecule has 0 N–H and O–H groups in total. The standard InChI is InChI=1S/C19H13F2N3O2/c1-19(6-7-19)24-10-23-16-5-2-11(8-12(16)18(24)25)26-17-13(9-22)14(20)3-4-15(17)21/h2-5,8,10H,6-7H2,1H3. The largest absolute Gasteiger partial charge is 0.453 e. The topological polar surface area (TPSA) is 67.9 Å². The van der Waals surface area contributed by atoms with Crippen LogP contribution in [-0.4, -0.2) is 9.55 Å². The summed E-state index contributed by atoms with van der Waals surface area (Å²) in [4.78, 5) is 17.0. The Hall–Kier alpha value is -3.27. The molecule has 4 rings (SSSR count). The average molecular weight is 353 g/mol. The Balaban J connectivity index is 1.82. The van der Waals surface area contributed by atoms with Crippen molar-refractivity contribution in [2.45, 2.75) is 25.3 Å². The van der Waals surface area contributed by atoms with Crippen LogP contribution in [0.15, 0.2) is 41.5 Å². The third-order valence-electron chi connectivity index (χ3n) is 4.68. The highest BCUT2D eigenvalue weighted by atomic mass is 19.1. The highest BCUT2D eigenvalue weighted by Crippen LogP contribution is 2.41. The van der Waals surface area contributed by atoms with E-state index >= 15 is 0 Å². The number of hydrogen-bond donors (Lipinski definition) is 0. The second kappa shape index (κ2) is 5.63. The highest BCUT2D eigenvalue weighted by Gasteiger charge is 2.40. The van der Waals surface area contributed by atoms with Crippen LogP contribution in [0, 0.1) is 23.0 Å². The van der Waals surface area contributed by atoms with Crippen molar-refractivity contribution in [3.8, 4) is 17.6 Å². The fourth-order valence-electron chi connectivity index (χ4n) is 2.83. The lowest BCUT2D eigenvalue weighted by molar-refractivity contribution is 0.434. The van der Waals surface area contributed by atoms with E-state index in [0.29, 0.717) is 10.9 Å². The van der Waals surface area contributed by atoms with Gasteiger partial charge in [-0.2, -0.15) is 5.26 Å². The molecule has 0 bridgehead atoms. The van der Waals surface area contributed by atoms with Gasteiger partial charge in [0.15, 0.2) is 11.6 Å². The number of benzene rings is 2. The molecule has 0 amide bonds. The van der Waals surface area contributed by atoms with E-state index in [1.165, 1.54) is 18.5 Å². The van der Waals surface area contributed by atoms with E-state index in [9.17, 15) is 13.6 Å². The molecule has 0 atom stereocenters. The van der Waals surface area contributed by atoms with Crippen molar-refractivity contribution in [2.75, 3.05) is 0 Å². The molecule has 1 heterocycles. The summed E-state index contributed by atoms with van der Waals surface area (Å²) in [5, 5.41) is 9.36. The van der Waals surface area contributed by atoms with Crippen molar-refractivity contribution in [2.24, 2.45) is 0 Å². The molecule has 7 heteroatoms. The van der Waals surface area contributed by atoms with Crippen LogP contribution in [0.3, 0.4) is 0 Å². The Morgan fingerprint density at radius 3 is 2.65 bits per heavy atom. The van der Waals surface area contributed by atoms with Crippen molar-refractivity contribution < 1.29 is 13.5 Å². The summed E-state index contributed by atoms with van der Waals surface area (Å²) in [7, 11) is 0. The van der Waals surface area contributed by atoms with Crippen LogP contribution in [0.2, 0.25) is 0 Å². The molecule has 5 nitrogen and oxygen atoms in total. The van der Waals surface area contributed by atoms with Gasteiger partial charge in [0.25, 0.3) is 5.56 Å². The molecule has 2 aromatic carbocycles. The van der Waals surface area contributed by atoms with E-state index in [4.69, 9.17) is 10.00 Å². The Morgan fingerprint density at radius 1 is 1.23 bits per heavy atom. The summed E-state index contributed by atoms with van der Waals surface area (Å²) in [6.45, 7) is 1.98. The molecule has 1 aliphatic rings. The quantitative estimate of drug-likeness (QED) is 0.717. The number of rotatable bonds is 3. The van der Waals surface area contributed by atoms with Gasteiger partial charge in [0.1, 0.15) is 23.2 Å². The molecule has 0 saturated heterocycles. The maximum atomic E-state index is 14.0. The molecule has 0 spiro atoms. The first kappa shape index (κ1) is 16.2. The van der Waals surface area contributed by atoms with E-state index < -0.39 is 22.9 Å². The molecule has 0 radical (unpaired) electrons. The van der Waals surface area contributed by atoms with Crippen LogP contribution in [-0.2, 0) is 5.54 Å². The van der Waals surface area contributed by atoms with E-state index in [2.05, 4.69) is 4.98 Å². The van der Waals surface area contributed by atoms with Crippen LogP contribution >= 0.6 is 0 Å². The average Bonchev–Trinajstić information content (AvgIpc) is 3.37. The van der Waals surface area contributed by atoms with E-state index in [1.807, 2.05) is 6.92 Å². The zero-order valence-electron chi connectivity index (χ0n) is 13.8. The fourth-order valence-corrected chi connectivity index (χ4v) is 2.83. The minimum Gasteiger partial charge on any atom is -0.453 e. The van der Waals surface area contributed by atoms with Gasteiger partial charge in [-0.1, -0.05) is 0 Å². The van der Waals surface area contributed by atoms with Gasteiger partial charge < -0.3 is 4.74 Å². The van der Waals surface area contributed by atoms with Crippen LogP contribution in [0.4, 0.5) is 8.78 Å². The van der Waals surface area contributed by atoms with Gasteiger partial charge in [-0.3, -0.25) is 9.36 Å². The minimum atomic E-state index is -0.879. The third-order valence-corrected chi connectivity index (χ3v) is 4.68. The molecular weight excluding hydrogens is 340 g/mol. The number of ether oxygens (including phenoxy) is 1. The molecule has 0 aliphatic heterocycles. The number of aromatic nitrogens is 2. The number of fused-ring (bicyclic) bond motifs is 1. The second-order valence-corrected chi connectivity index (χ2v) is 6.54. The molecular formula is C19H13F2N3O2. The number of halogens is 2. The maximum absolute atomic E-state index is 14.0. The van der Waals surface area contributed by atoms with Crippen molar-refractivity contribution in [3.63, 3.8) is 0 Å². The van der Waals surface area contributed by atoms with Crippen molar-refractivity contribution >= 4 is 10.9 Å². The summed E-state index contributed by atoms with van der Waals surface area (Å²) in [6, 6.07) is 7.82. The maximum Gasteiger partial charge on any atom is 0.261 e. The molecule has 130 valence electrons. The van der Waals surface area contributed by atoms with Crippen molar-refractivity contribution in [3.05, 3.63) is 64.2 Å². The van der Waals surface area contributed by atoms with Gasteiger partial charge in [-0.25, -0.2) is 13.8 Å². The Morgan fingerprint density at radius 2 is 1.96 bits per heavy atom. The van der Waals surface area contributed by atoms with Gasteiger partial charge in [0.2, 0.25) is 0 Å². The van der Waals surface area contributed by atoms with Crippen LogP contribution in [0.1, 0.15) is 25.3 Å². The zero-order chi connectivity index (χ0) is 18.5. The first-order chi connectivity index (χ1) is 12.4. The van der Waals surface area contributed by atoms with Gasteiger partial charge in [-0.05, 0) is 50.1 Å². The van der Waals surface area contributed by atoms with Gasteiger partial charge in [0.05, 0.1) is 17.2 Å². The lowest BCUT2D eigenvalue weighted by Gasteiger charge is -2.14. The molecule has 1 fully saturated rings. The monoisotopic (exact) mass is 353 g/mol. The predicted molar refractivity (Wildman–Crippen MR) is 90.0 cm³/mol. The van der Waals surface area contributed by atoms with Gasteiger partial charge in [0, 0.05) is 5.54 Å². The number of hydrogen-bond acceptors (Lipinski definition) is 4. The minimum absolute atomic E-state index is 0.121. The smallest absolute Gasteiger partial charge is 0.261 e. The normalized spacial score (nSPS) is 14.8. The van der Waals surface area contributed by atoms with Gasteiger partial charge >= 0.3 is 0 Å². The summed E-state index contributed by atoms with van der Waals surface area (Å²) in [5.74, 6) is -2.13. The molecule has 0 unspecified atom stereocenters. The van der Waals surface area contributed by atoms with E-state index in [0.717, 1.165) is 25.0 Å². The van der Waals surface area contributed by atoms with E-state index in [-0.39, 0.29) is 16.8 Å². The van der Waals surface area contributed by atoms with Crippen LogP contribution in [0.5, 0.6) is 11.5 Å². The number of nitrogens with zero attached hydrogens (tertiary/aromatic N) is 3. The fraction of sp³-hybridized carbons (Fsp3) is 0.211. The Labute approximate surface area is 147 Å². The third kappa shape index (κ3) is 2.51. The summed E-state index contributed by atoms with van der Waals surface area (Å²) in [5.41, 5.74) is -0.499. The highest BCUT2D eigenvalue weighted by molar-refractivity contribution is 5.79. The van der Waals surface area contributed by atoms with Crippen molar-refractivity contribution in [1.82, 2.24) is 9.55 Å². The van der Waals surface area contributed by atoms with Crippen LogP contribution in [0.25, 0.3) is 10.9 Å². The summed E-state index contributed by atoms with van der Waals surface area (Å²) in [6.07, 6.45) is 3.32. The summed E-state index contributed by atoms with van der Waals surface area (Å²) >= 11 is 0. The molecule has 1 aromatic heterocycles. The molecule has 1 aliphatic carbocycles. The molecule has 3 aromatic rings. The first-order valence-corrected chi connectivity index (χ1v) is 8.01. The van der Waals surface area contributed by atoms with E-state index in [1.54, 1.807) is 16.7 Å². The molecule has 26 heavy (non-hydrogen) atoms. The zero-order valence-corrected chi connectivity index (χ0v) is 13.8. The first-order valence-electron chi connectivity index (χ1n) is 8.01. The summed E-state index contributed by atoms with van der Waals surface area (Å²) < 4.78 is 34.7. The van der Waals surface area contributed by atoms with Gasteiger partial charge in [-0.15, -0.1) is 0 Å². The predicted octanol–water partition coefficient (Wildman–Crippen LogP) is 3.85. The molecule has 1 saturated carbocycles. The van der Waals surface area contributed by atoms with Crippen molar-refractivity contribution in [1.29, 1.82) is 5.26 Å². The lowest BCUT2D eigenvalue weighted by atomic mass is 10.2. The Bertz CT molecular complexity index is 1140. The van der Waals surface area contributed by atoms with Crippen LogP contribution < -0.4 is 10.3 Å². The SMILES string of the molecule is CC1(n2cnc3ccc(Oc4c(F)ccc(F)c4C#N)cc3c2=O)CC1. The lowest BCUT2D eigenvalue weighted by Crippen LogP contribution is -2.28. The Kier molecular flexibility index (Phi) is 3.51. The second-order valence-electron chi connectivity index (χ2n) is 6.54.